The van der Waals surface area contributed by atoms with Gasteiger partial charge in [0.1, 0.15) is 5.69 Å². The molecular formula is C19H17N3O2. The second kappa shape index (κ2) is 7.37. The van der Waals surface area contributed by atoms with Crippen molar-refractivity contribution in [1.29, 1.82) is 0 Å². The zero-order chi connectivity index (χ0) is 16.8. The highest BCUT2D eigenvalue weighted by Gasteiger charge is 2.10. The molecule has 0 atom stereocenters. The minimum Gasteiger partial charge on any atom is -0.350 e. The molecular weight excluding hydrogens is 302 g/mol. The monoisotopic (exact) mass is 319 g/mol. The Morgan fingerprint density at radius 2 is 1.67 bits per heavy atom. The van der Waals surface area contributed by atoms with Crippen LogP contribution in [-0.4, -0.2) is 22.4 Å². The predicted octanol–water partition coefficient (Wildman–Crippen LogP) is 2.41. The number of hydrogen-bond donors (Lipinski definition) is 2. The first-order valence-electron chi connectivity index (χ1n) is 7.71. The first-order valence-corrected chi connectivity index (χ1v) is 7.71. The predicted molar refractivity (Wildman–Crippen MR) is 92.8 cm³/mol. The first-order chi connectivity index (χ1) is 11.7. The van der Waals surface area contributed by atoms with E-state index >= 15 is 0 Å². The molecule has 0 bridgehead atoms. The molecule has 120 valence electrons. The highest BCUT2D eigenvalue weighted by atomic mass is 16.2. The smallest absolute Gasteiger partial charge is 0.346 e. The molecule has 1 aromatic heterocycles. The van der Waals surface area contributed by atoms with Crippen LogP contribution >= 0.6 is 0 Å². The summed E-state index contributed by atoms with van der Waals surface area (Å²) in [6, 6.07) is 20.8. The number of nitrogens with one attached hydrogen (secondary N) is 2. The molecule has 24 heavy (non-hydrogen) atoms. The molecule has 3 aromatic rings. The number of carbonyl (C=O) groups is 1. The van der Waals surface area contributed by atoms with Crippen LogP contribution in [0.2, 0.25) is 0 Å². The zero-order valence-electron chi connectivity index (χ0n) is 13.0. The van der Waals surface area contributed by atoms with Gasteiger partial charge in [0.05, 0.1) is 5.69 Å². The molecule has 0 aliphatic heterocycles. The van der Waals surface area contributed by atoms with E-state index in [0.717, 1.165) is 17.5 Å². The lowest BCUT2D eigenvalue weighted by molar-refractivity contribution is 0.0948. The summed E-state index contributed by atoms with van der Waals surface area (Å²) in [4.78, 5) is 30.4. The molecule has 1 heterocycles. The second-order valence-corrected chi connectivity index (χ2v) is 5.34. The average molecular weight is 319 g/mol. The lowest BCUT2D eigenvalue weighted by Crippen LogP contribution is -2.29. The van der Waals surface area contributed by atoms with Crippen molar-refractivity contribution in [2.45, 2.75) is 6.42 Å². The third kappa shape index (κ3) is 3.95. The van der Waals surface area contributed by atoms with Crippen LogP contribution in [0.3, 0.4) is 0 Å². The number of aromatic nitrogens is 2. The summed E-state index contributed by atoms with van der Waals surface area (Å²) < 4.78 is 0. The van der Waals surface area contributed by atoms with Crippen LogP contribution in [0.1, 0.15) is 16.1 Å². The van der Waals surface area contributed by atoms with Crippen LogP contribution in [0.4, 0.5) is 0 Å². The van der Waals surface area contributed by atoms with Crippen LogP contribution in [0.15, 0.2) is 71.5 Å². The SMILES string of the molecule is O=C(NCCc1ccccc1)c1cc(-c2ccccc2)nc(=O)[nH]1. The Hall–Kier alpha value is -3.21. The van der Waals surface area contributed by atoms with E-state index in [0.29, 0.717) is 12.2 Å². The maximum Gasteiger partial charge on any atom is 0.346 e. The molecule has 2 N–H and O–H groups in total. The van der Waals surface area contributed by atoms with Crippen molar-refractivity contribution in [2.24, 2.45) is 0 Å². The minimum absolute atomic E-state index is 0.210. The van der Waals surface area contributed by atoms with Crippen molar-refractivity contribution in [3.05, 3.63) is 88.5 Å². The number of hydrogen-bond acceptors (Lipinski definition) is 3. The lowest BCUT2D eigenvalue weighted by atomic mass is 10.1. The van der Waals surface area contributed by atoms with Crippen molar-refractivity contribution in [3.63, 3.8) is 0 Å². The quantitative estimate of drug-likeness (QED) is 0.758. The van der Waals surface area contributed by atoms with Gasteiger partial charge >= 0.3 is 5.69 Å². The second-order valence-electron chi connectivity index (χ2n) is 5.34. The molecule has 0 radical (unpaired) electrons. The van der Waals surface area contributed by atoms with Crippen molar-refractivity contribution in [1.82, 2.24) is 15.3 Å². The van der Waals surface area contributed by atoms with Gasteiger partial charge in [-0.05, 0) is 18.1 Å². The maximum atomic E-state index is 12.3. The van der Waals surface area contributed by atoms with Crippen molar-refractivity contribution < 1.29 is 4.79 Å². The van der Waals surface area contributed by atoms with Crippen LogP contribution in [0, 0.1) is 0 Å². The molecule has 5 heteroatoms. The molecule has 0 aliphatic rings. The van der Waals surface area contributed by atoms with E-state index in [9.17, 15) is 9.59 Å². The molecule has 0 saturated heterocycles. The Labute approximate surface area is 139 Å². The molecule has 5 nitrogen and oxygen atoms in total. The Kier molecular flexibility index (Phi) is 4.81. The van der Waals surface area contributed by atoms with Crippen molar-refractivity contribution in [2.75, 3.05) is 6.54 Å². The van der Waals surface area contributed by atoms with Gasteiger partial charge in [-0.2, -0.15) is 4.98 Å². The zero-order valence-corrected chi connectivity index (χ0v) is 13.0. The van der Waals surface area contributed by atoms with Gasteiger partial charge in [-0.3, -0.25) is 4.79 Å². The first kappa shape index (κ1) is 15.7. The summed E-state index contributed by atoms with van der Waals surface area (Å²) in [7, 11) is 0. The highest BCUT2D eigenvalue weighted by Crippen LogP contribution is 2.15. The maximum absolute atomic E-state index is 12.3. The van der Waals surface area contributed by atoms with Gasteiger partial charge in [-0.1, -0.05) is 60.7 Å². The van der Waals surface area contributed by atoms with Gasteiger partial charge in [0.2, 0.25) is 0 Å². The summed E-state index contributed by atoms with van der Waals surface area (Å²) in [5.74, 6) is -0.317. The minimum atomic E-state index is -0.537. The summed E-state index contributed by atoms with van der Waals surface area (Å²) in [6.07, 6.45) is 0.730. The van der Waals surface area contributed by atoms with E-state index in [1.165, 1.54) is 0 Å². The van der Waals surface area contributed by atoms with E-state index in [1.807, 2.05) is 60.7 Å². The van der Waals surface area contributed by atoms with Crippen molar-refractivity contribution >= 4 is 5.91 Å². The fraction of sp³-hybridized carbons (Fsp3) is 0.105. The van der Waals surface area contributed by atoms with E-state index in [4.69, 9.17) is 0 Å². The Balaban J connectivity index is 1.71. The standard InChI is InChI=1S/C19H17N3O2/c23-18(20-12-11-14-7-3-1-4-8-14)17-13-16(21-19(24)22-17)15-9-5-2-6-10-15/h1-10,13H,11-12H2,(H,20,23)(H,21,22,24). The van der Waals surface area contributed by atoms with E-state index in [1.54, 1.807) is 6.07 Å². The number of carbonyl (C=O) groups excluding carboxylic acids is 1. The van der Waals surface area contributed by atoms with E-state index in [2.05, 4.69) is 15.3 Å². The molecule has 0 fully saturated rings. The van der Waals surface area contributed by atoms with Gasteiger partial charge in [-0.25, -0.2) is 4.79 Å². The van der Waals surface area contributed by atoms with Crippen LogP contribution in [0.5, 0.6) is 0 Å². The largest absolute Gasteiger partial charge is 0.350 e. The molecule has 0 saturated carbocycles. The summed E-state index contributed by atoms with van der Waals surface area (Å²) in [6.45, 7) is 0.494. The Morgan fingerprint density at radius 3 is 2.38 bits per heavy atom. The Morgan fingerprint density at radius 1 is 1.00 bits per heavy atom. The van der Waals surface area contributed by atoms with Gasteiger partial charge in [0.25, 0.3) is 5.91 Å². The molecule has 0 unspecified atom stereocenters. The van der Waals surface area contributed by atoms with E-state index in [-0.39, 0.29) is 11.6 Å². The van der Waals surface area contributed by atoms with Gasteiger partial charge in [0.15, 0.2) is 0 Å². The summed E-state index contributed by atoms with van der Waals surface area (Å²) in [5.41, 5.74) is 2.09. The van der Waals surface area contributed by atoms with Gasteiger partial charge in [-0.15, -0.1) is 0 Å². The molecule has 3 rings (SSSR count). The lowest BCUT2D eigenvalue weighted by Gasteiger charge is -2.07. The number of nitrogens with zero attached hydrogens (tertiary/aromatic N) is 1. The Bertz CT molecular complexity index is 874. The number of benzene rings is 2. The fourth-order valence-corrected chi connectivity index (χ4v) is 2.40. The third-order valence-electron chi connectivity index (χ3n) is 3.60. The number of aromatic amines is 1. The topological polar surface area (TPSA) is 74.8 Å². The number of amides is 1. The van der Waals surface area contributed by atoms with E-state index < -0.39 is 5.69 Å². The van der Waals surface area contributed by atoms with Gasteiger partial charge in [0, 0.05) is 12.1 Å². The molecule has 0 aliphatic carbocycles. The molecule has 1 amide bonds. The summed E-state index contributed by atoms with van der Waals surface area (Å²) >= 11 is 0. The molecule has 2 aromatic carbocycles. The van der Waals surface area contributed by atoms with Gasteiger partial charge < -0.3 is 10.3 Å². The number of H-pyrrole nitrogens is 1. The number of rotatable bonds is 5. The normalized spacial score (nSPS) is 10.3. The molecule has 0 spiro atoms. The van der Waals surface area contributed by atoms with Crippen LogP contribution < -0.4 is 11.0 Å². The highest BCUT2D eigenvalue weighted by molar-refractivity contribution is 5.93. The average Bonchev–Trinajstić information content (AvgIpc) is 2.63. The summed E-state index contributed by atoms with van der Waals surface area (Å²) in [5, 5.41) is 2.82. The third-order valence-corrected chi connectivity index (χ3v) is 3.60. The van der Waals surface area contributed by atoms with Crippen molar-refractivity contribution in [3.8, 4) is 11.3 Å². The van der Waals surface area contributed by atoms with Crippen LogP contribution in [-0.2, 0) is 6.42 Å². The fourth-order valence-electron chi connectivity index (χ4n) is 2.40. The van der Waals surface area contributed by atoms with Crippen LogP contribution in [0.25, 0.3) is 11.3 Å².